The Morgan fingerprint density at radius 3 is 3.00 bits per heavy atom. The van der Waals surface area contributed by atoms with E-state index in [1.54, 1.807) is 0 Å². The lowest BCUT2D eigenvalue weighted by Gasteiger charge is -2.24. The lowest BCUT2D eigenvalue weighted by molar-refractivity contribution is -0.121. The summed E-state index contributed by atoms with van der Waals surface area (Å²) in [6.07, 6.45) is 9.83. The van der Waals surface area contributed by atoms with E-state index in [1.165, 1.54) is 31.0 Å². The number of nitrogens with zero attached hydrogens (tertiary/aromatic N) is 2. The van der Waals surface area contributed by atoms with Crippen LogP contribution in [0.2, 0.25) is 0 Å². The molecule has 0 aromatic carbocycles. The van der Waals surface area contributed by atoms with Crippen molar-refractivity contribution in [3.8, 4) is 0 Å². The highest BCUT2D eigenvalue weighted by molar-refractivity contribution is 8.00. The van der Waals surface area contributed by atoms with Crippen LogP contribution in [0.5, 0.6) is 0 Å². The molecule has 2 aromatic heterocycles. The molecular weight excluding hydrogens is 282 g/mol. The van der Waals surface area contributed by atoms with Crippen LogP contribution in [-0.4, -0.2) is 26.6 Å². The van der Waals surface area contributed by atoms with Crippen molar-refractivity contribution in [1.29, 1.82) is 0 Å². The van der Waals surface area contributed by atoms with Crippen molar-refractivity contribution in [3.63, 3.8) is 0 Å². The van der Waals surface area contributed by atoms with Crippen molar-refractivity contribution in [2.24, 2.45) is 0 Å². The maximum atomic E-state index is 12.3. The number of hydrogen-bond donors (Lipinski definition) is 1. The number of hydrogen-bond acceptors (Lipinski definition) is 3. The first kappa shape index (κ1) is 14.4. The number of carbonyl (C=O) groups is 1. The Kier molecular flexibility index (Phi) is 4.48. The first-order chi connectivity index (χ1) is 10.2. The quantitative estimate of drug-likeness (QED) is 0.882. The van der Waals surface area contributed by atoms with Crippen LogP contribution in [-0.2, 0) is 4.79 Å². The Labute approximate surface area is 129 Å². The first-order valence-electron chi connectivity index (χ1n) is 7.63. The number of pyridine rings is 1. The molecule has 1 aliphatic rings. The zero-order valence-corrected chi connectivity index (χ0v) is 13.1. The van der Waals surface area contributed by atoms with Crippen molar-refractivity contribution in [1.82, 2.24) is 14.7 Å². The average molecular weight is 303 g/mol. The van der Waals surface area contributed by atoms with E-state index in [1.807, 2.05) is 41.9 Å². The molecule has 5 heteroatoms. The third-order valence-electron chi connectivity index (χ3n) is 4.01. The predicted molar refractivity (Wildman–Crippen MR) is 85.5 cm³/mol. The number of amides is 1. The second-order valence-corrected chi connectivity index (χ2v) is 6.95. The molecule has 1 saturated carbocycles. The fraction of sp³-hybridized carbons (Fsp3) is 0.500. The molecule has 0 spiro atoms. The molecule has 0 unspecified atom stereocenters. The van der Waals surface area contributed by atoms with Gasteiger partial charge in [-0.3, -0.25) is 9.20 Å². The highest BCUT2D eigenvalue weighted by Gasteiger charge is 2.21. The molecule has 2 aromatic rings. The van der Waals surface area contributed by atoms with E-state index in [0.29, 0.717) is 6.04 Å². The summed E-state index contributed by atoms with van der Waals surface area (Å²) in [5.41, 5.74) is 1.06. The number of thioether (sulfide) groups is 1. The maximum absolute atomic E-state index is 12.3. The third-order valence-corrected chi connectivity index (χ3v) is 5.09. The number of fused-ring (bicyclic) bond motifs is 1. The standard InChI is InChI=1S/C16H21N3OS/c1-12(15(20)18-13-7-3-2-4-8-13)21-16-17-11-14-9-5-6-10-19(14)16/h5-6,9-13H,2-4,7-8H2,1H3,(H,18,20)/t12-/m1/s1. The van der Waals surface area contributed by atoms with Crippen molar-refractivity contribution in [2.75, 3.05) is 0 Å². The van der Waals surface area contributed by atoms with Gasteiger partial charge in [0.15, 0.2) is 5.16 Å². The number of rotatable bonds is 4. The zero-order chi connectivity index (χ0) is 14.7. The second kappa shape index (κ2) is 6.52. The lowest BCUT2D eigenvalue weighted by atomic mass is 9.95. The summed E-state index contributed by atoms with van der Waals surface area (Å²) in [6.45, 7) is 1.95. The van der Waals surface area contributed by atoms with Crippen molar-refractivity contribution < 1.29 is 4.79 Å². The number of imidazole rings is 1. The molecule has 1 fully saturated rings. The van der Waals surface area contributed by atoms with E-state index in [9.17, 15) is 4.79 Å². The highest BCUT2D eigenvalue weighted by atomic mass is 32.2. The van der Waals surface area contributed by atoms with Gasteiger partial charge in [-0.05, 0) is 31.9 Å². The predicted octanol–water partition coefficient (Wildman–Crippen LogP) is 3.26. The molecule has 0 bridgehead atoms. The molecule has 1 N–H and O–H groups in total. The minimum atomic E-state index is -0.127. The lowest BCUT2D eigenvalue weighted by Crippen LogP contribution is -2.40. The maximum Gasteiger partial charge on any atom is 0.233 e. The zero-order valence-electron chi connectivity index (χ0n) is 12.3. The third kappa shape index (κ3) is 3.40. The van der Waals surface area contributed by atoms with Gasteiger partial charge in [0.05, 0.1) is 17.0 Å². The van der Waals surface area contributed by atoms with Crippen molar-refractivity contribution in [3.05, 3.63) is 30.6 Å². The topological polar surface area (TPSA) is 46.4 Å². The number of carbonyl (C=O) groups excluding carboxylic acids is 1. The van der Waals surface area contributed by atoms with E-state index in [0.717, 1.165) is 23.5 Å². The Balaban J connectivity index is 1.62. The van der Waals surface area contributed by atoms with Crippen LogP contribution in [0, 0.1) is 0 Å². The minimum absolute atomic E-state index is 0.125. The van der Waals surface area contributed by atoms with Crippen LogP contribution >= 0.6 is 11.8 Å². The van der Waals surface area contributed by atoms with Gasteiger partial charge in [-0.1, -0.05) is 37.1 Å². The van der Waals surface area contributed by atoms with Crippen molar-refractivity contribution in [2.45, 2.75) is 55.5 Å². The van der Waals surface area contributed by atoms with Gasteiger partial charge in [-0.25, -0.2) is 4.98 Å². The van der Waals surface area contributed by atoms with E-state index in [2.05, 4.69) is 10.3 Å². The Morgan fingerprint density at radius 1 is 1.38 bits per heavy atom. The van der Waals surface area contributed by atoms with Gasteiger partial charge in [0.1, 0.15) is 0 Å². The van der Waals surface area contributed by atoms with E-state index >= 15 is 0 Å². The molecule has 2 heterocycles. The summed E-state index contributed by atoms with van der Waals surface area (Å²) in [7, 11) is 0. The Bertz CT molecular complexity index is 619. The molecule has 0 saturated heterocycles. The summed E-state index contributed by atoms with van der Waals surface area (Å²) in [6, 6.07) is 6.35. The molecule has 0 radical (unpaired) electrons. The molecule has 1 amide bonds. The fourth-order valence-corrected chi connectivity index (χ4v) is 3.67. The molecule has 1 atom stereocenters. The summed E-state index contributed by atoms with van der Waals surface area (Å²) >= 11 is 1.52. The molecule has 3 rings (SSSR count). The second-order valence-electron chi connectivity index (χ2n) is 5.64. The SMILES string of the molecule is C[C@@H](Sc1ncc2ccccn12)C(=O)NC1CCCCC1. The monoisotopic (exact) mass is 303 g/mol. The normalized spacial score (nSPS) is 17.8. The highest BCUT2D eigenvalue weighted by Crippen LogP contribution is 2.24. The van der Waals surface area contributed by atoms with Gasteiger partial charge in [-0.2, -0.15) is 0 Å². The van der Waals surface area contributed by atoms with Gasteiger partial charge in [0, 0.05) is 12.2 Å². The molecular formula is C16H21N3OS. The van der Waals surface area contributed by atoms with Gasteiger partial charge < -0.3 is 5.32 Å². The van der Waals surface area contributed by atoms with Crippen LogP contribution in [0.15, 0.2) is 35.7 Å². The van der Waals surface area contributed by atoms with Crippen LogP contribution < -0.4 is 5.32 Å². The van der Waals surface area contributed by atoms with E-state index in [4.69, 9.17) is 0 Å². The molecule has 4 nitrogen and oxygen atoms in total. The van der Waals surface area contributed by atoms with Gasteiger partial charge in [0.2, 0.25) is 5.91 Å². The largest absolute Gasteiger partial charge is 0.352 e. The molecule has 112 valence electrons. The van der Waals surface area contributed by atoms with Crippen molar-refractivity contribution >= 4 is 23.2 Å². The number of aromatic nitrogens is 2. The van der Waals surface area contributed by atoms with Crippen LogP contribution in [0.3, 0.4) is 0 Å². The fourth-order valence-electron chi connectivity index (χ4n) is 2.78. The van der Waals surface area contributed by atoms with Crippen LogP contribution in [0.1, 0.15) is 39.0 Å². The Morgan fingerprint density at radius 2 is 2.19 bits per heavy atom. The minimum Gasteiger partial charge on any atom is -0.352 e. The first-order valence-corrected chi connectivity index (χ1v) is 8.51. The average Bonchev–Trinajstić information content (AvgIpc) is 2.91. The summed E-state index contributed by atoms with van der Waals surface area (Å²) < 4.78 is 2.02. The number of nitrogens with one attached hydrogen (secondary N) is 1. The van der Waals surface area contributed by atoms with Crippen LogP contribution in [0.4, 0.5) is 0 Å². The summed E-state index contributed by atoms with van der Waals surface area (Å²) in [5, 5.41) is 3.93. The Hall–Kier alpha value is -1.49. The summed E-state index contributed by atoms with van der Waals surface area (Å²) in [5.74, 6) is 0.125. The smallest absolute Gasteiger partial charge is 0.233 e. The van der Waals surface area contributed by atoms with Crippen LogP contribution in [0.25, 0.3) is 5.52 Å². The van der Waals surface area contributed by atoms with E-state index < -0.39 is 0 Å². The van der Waals surface area contributed by atoms with Gasteiger partial charge in [-0.15, -0.1) is 0 Å². The van der Waals surface area contributed by atoms with Gasteiger partial charge in [0.25, 0.3) is 0 Å². The van der Waals surface area contributed by atoms with Gasteiger partial charge >= 0.3 is 0 Å². The molecule has 1 aliphatic carbocycles. The summed E-state index contributed by atoms with van der Waals surface area (Å²) in [4.78, 5) is 16.7. The van der Waals surface area contributed by atoms with E-state index in [-0.39, 0.29) is 11.2 Å². The molecule has 21 heavy (non-hydrogen) atoms. The molecule has 0 aliphatic heterocycles.